The highest BCUT2D eigenvalue weighted by atomic mass is 32.3. The molecule has 0 aromatic heterocycles. The maximum Gasteiger partial charge on any atom is 0.407 e. The van der Waals surface area contributed by atoms with Crippen LogP contribution in [0.25, 0.3) is 0 Å². The number of carbonyl (C=O) groups excluding carboxylic acids is 1. The van der Waals surface area contributed by atoms with Gasteiger partial charge in [-0.3, -0.25) is 0 Å². The molecule has 0 aliphatic rings. The number of hydrogen-bond acceptors (Lipinski definition) is 4. The van der Waals surface area contributed by atoms with Gasteiger partial charge >= 0.3 is 16.3 Å². The molecule has 1 unspecified atom stereocenters. The molecule has 1 rings (SSSR count). The Morgan fingerprint density at radius 1 is 1.26 bits per heavy atom. The summed E-state index contributed by atoms with van der Waals surface area (Å²) in [6.07, 6.45) is -0.531. The highest BCUT2D eigenvalue weighted by Gasteiger charge is 2.22. The van der Waals surface area contributed by atoms with E-state index in [-0.39, 0.29) is 13.0 Å². The van der Waals surface area contributed by atoms with Crippen molar-refractivity contribution in [2.24, 2.45) is 5.92 Å². The molecule has 0 saturated heterocycles. The summed E-state index contributed by atoms with van der Waals surface area (Å²) in [6, 6.07) is 5.44. The van der Waals surface area contributed by atoms with E-state index in [9.17, 15) is 21.5 Å². The summed E-state index contributed by atoms with van der Waals surface area (Å²) in [5.74, 6) is -1.85. The molecular weight excluding hydrogens is 328 g/mol. The quantitative estimate of drug-likeness (QED) is 0.802. The molecule has 1 atom stereocenters. The second-order valence-electron chi connectivity index (χ2n) is 6.28. The Balaban J connectivity index is 2.69. The Hall–Kier alpha value is -1.70. The maximum absolute atomic E-state index is 13.0. The Kier molecular flexibility index (Phi) is 6.49. The Labute approximate surface area is 135 Å². The predicted octanol–water partition coefficient (Wildman–Crippen LogP) is 2.81. The first kappa shape index (κ1) is 19.3. The van der Waals surface area contributed by atoms with E-state index in [1.54, 1.807) is 20.8 Å². The molecule has 0 aliphatic heterocycles. The zero-order valence-electron chi connectivity index (χ0n) is 13.3. The number of alkyl carbamates (subject to hydrolysis) is 1. The van der Waals surface area contributed by atoms with Gasteiger partial charge in [-0.2, -0.15) is 8.42 Å². The average Bonchev–Trinajstić information content (AvgIpc) is 2.35. The molecule has 130 valence electrons. The van der Waals surface area contributed by atoms with E-state index in [0.29, 0.717) is 5.56 Å². The minimum absolute atomic E-state index is 0.0740. The number of amides is 1. The normalized spacial score (nSPS) is 13.4. The minimum Gasteiger partial charge on any atom is -0.444 e. The van der Waals surface area contributed by atoms with Gasteiger partial charge in [0.25, 0.3) is 0 Å². The van der Waals surface area contributed by atoms with Crippen molar-refractivity contribution in [1.29, 1.82) is 0 Å². The number of hydrogen-bond donors (Lipinski definition) is 1. The van der Waals surface area contributed by atoms with Gasteiger partial charge in [0.05, 0.1) is 5.75 Å². The summed E-state index contributed by atoms with van der Waals surface area (Å²) < 4.78 is 52.7. The van der Waals surface area contributed by atoms with Gasteiger partial charge in [0.15, 0.2) is 0 Å². The van der Waals surface area contributed by atoms with Crippen molar-refractivity contribution in [2.75, 3.05) is 12.3 Å². The lowest BCUT2D eigenvalue weighted by Gasteiger charge is -2.21. The average molecular weight is 349 g/mol. The van der Waals surface area contributed by atoms with Gasteiger partial charge in [0.2, 0.25) is 0 Å². The molecule has 5 nitrogen and oxygen atoms in total. The van der Waals surface area contributed by atoms with Crippen LogP contribution in [0.5, 0.6) is 0 Å². The largest absolute Gasteiger partial charge is 0.444 e. The number of benzene rings is 1. The number of halogens is 2. The first-order chi connectivity index (χ1) is 10.4. The van der Waals surface area contributed by atoms with E-state index in [1.807, 2.05) is 0 Å². The van der Waals surface area contributed by atoms with Gasteiger partial charge in [-0.15, -0.1) is 3.89 Å². The molecule has 8 heteroatoms. The summed E-state index contributed by atoms with van der Waals surface area (Å²) in [5, 5.41) is 2.43. The van der Waals surface area contributed by atoms with E-state index in [0.717, 1.165) is 0 Å². The monoisotopic (exact) mass is 349 g/mol. The van der Waals surface area contributed by atoms with Gasteiger partial charge in [-0.05, 0) is 50.8 Å². The second-order valence-corrected chi connectivity index (χ2v) is 7.70. The lowest BCUT2D eigenvalue weighted by Crippen LogP contribution is -2.37. The van der Waals surface area contributed by atoms with Crippen molar-refractivity contribution in [3.05, 3.63) is 35.6 Å². The lowest BCUT2D eigenvalue weighted by atomic mass is 10.0. The Morgan fingerprint density at radius 3 is 2.30 bits per heavy atom. The summed E-state index contributed by atoms with van der Waals surface area (Å²) in [6.45, 7) is 4.99. The first-order valence-corrected chi connectivity index (χ1v) is 8.63. The molecule has 23 heavy (non-hydrogen) atoms. The fourth-order valence-electron chi connectivity index (χ4n) is 1.97. The van der Waals surface area contributed by atoms with E-state index < -0.39 is 39.4 Å². The molecule has 0 aliphatic carbocycles. The van der Waals surface area contributed by atoms with Crippen molar-refractivity contribution in [2.45, 2.75) is 32.8 Å². The molecule has 0 spiro atoms. The molecule has 1 N–H and O–H groups in total. The van der Waals surface area contributed by atoms with Crippen LogP contribution in [0.2, 0.25) is 0 Å². The lowest BCUT2D eigenvalue weighted by molar-refractivity contribution is 0.0520. The summed E-state index contributed by atoms with van der Waals surface area (Å²) >= 11 is 0. The topological polar surface area (TPSA) is 72.5 Å². The van der Waals surface area contributed by atoms with Crippen molar-refractivity contribution in [1.82, 2.24) is 5.32 Å². The summed E-state index contributed by atoms with van der Waals surface area (Å²) in [4.78, 5) is 11.6. The zero-order chi connectivity index (χ0) is 17.7. The number of rotatable bonds is 6. The van der Waals surface area contributed by atoms with Crippen LogP contribution < -0.4 is 5.32 Å². The third kappa shape index (κ3) is 9.12. The second kappa shape index (κ2) is 7.72. The number of nitrogens with one attached hydrogen (secondary N) is 1. The molecule has 0 bridgehead atoms. The van der Waals surface area contributed by atoms with Crippen LogP contribution in [-0.4, -0.2) is 32.4 Å². The van der Waals surface area contributed by atoms with Gasteiger partial charge < -0.3 is 10.1 Å². The van der Waals surface area contributed by atoms with Crippen molar-refractivity contribution >= 4 is 16.3 Å². The van der Waals surface area contributed by atoms with E-state index in [1.165, 1.54) is 24.3 Å². The highest BCUT2D eigenvalue weighted by Crippen LogP contribution is 2.13. The summed E-state index contributed by atoms with van der Waals surface area (Å²) in [7, 11) is -4.70. The van der Waals surface area contributed by atoms with Crippen LogP contribution >= 0.6 is 0 Å². The number of carbonyl (C=O) groups is 1. The third-order valence-corrected chi connectivity index (χ3v) is 3.68. The van der Waals surface area contributed by atoms with Gasteiger partial charge in [-0.1, -0.05) is 12.1 Å². The minimum atomic E-state index is -4.70. The first-order valence-electron chi connectivity index (χ1n) is 7.08. The van der Waals surface area contributed by atoms with Gasteiger partial charge in [-0.25, -0.2) is 9.18 Å². The molecule has 0 heterocycles. The van der Waals surface area contributed by atoms with Crippen LogP contribution in [0.4, 0.5) is 13.1 Å². The SMILES string of the molecule is CC(C)(C)OC(=O)NCC(Cc1ccc(F)cc1)CS(=O)(=O)F. The maximum atomic E-state index is 13.0. The molecule has 1 aromatic carbocycles. The van der Waals surface area contributed by atoms with Crippen LogP contribution in [0, 0.1) is 11.7 Å². The molecule has 0 saturated carbocycles. The fraction of sp³-hybridized carbons (Fsp3) is 0.533. The van der Waals surface area contributed by atoms with Crippen LogP contribution in [0.3, 0.4) is 0 Å². The standard InChI is InChI=1S/C15H21F2NO4S/c1-15(2,3)22-14(19)18-9-12(10-23(17,20)21)8-11-4-6-13(16)7-5-11/h4-7,12H,8-10H2,1-3H3,(H,18,19). The van der Waals surface area contributed by atoms with Crippen LogP contribution in [0.15, 0.2) is 24.3 Å². The third-order valence-electron chi connectivity index (χ3n) is 2.81. The molecule has 0 radical (unpaired) electrons. The van der Waals surface area contributed by atoms with Gasteiger partial charge in [0.1, 0.15) is 11.4 Å². The highest BCUT2D eigenvalue weighted by molar-refractivity contribution is 7.86. The van der Waals surface area contributed by atoms with E-state index in [2.05, 4.69) is 5.32 Å². The molecule has 0 fully saturated rings. The number of ether oxygens (including phenoxy) is 1. The fourth-order valence-corrected chi connectivity index (χ4v) is 2.77. The van der Waals surface area contributed by atoms with Crippen molar-refractivity contribution < 1.29 is 26.2 Å². The Bertz CT molecular complexity index is 624. The summed E-state index contributed by atoms with van der Waals surface area (Å²) in [5.41, 5.74) is -0.0473. The predicted molar refractivity (Wildman–Crippen MR) is 82.7 cm³/mol. The van der Waals surface area contributed by atoms with Crippen LogP contribution in [0.1, 0.15) is 26.3 Å². The molecule has 1 amide bonds. The van der Waals surface area contributed by atoms with Crippen molar-refractivity contribution in [3.8, 4) is 0 Å². The van der Waals surface area contributed by atoms with Crippen molar-refractivity contribution in [3.63, 3.8) is 0 Å². The zero-order valence-corrected chi connectivity index (χ0v) is 14.1. The smallest absolute Gasteiger partial charge is 0.407 e. The molecular formula is C15H21F2NO4S. The van der Waals surface area contributed by atoms with Crippen LogP contribution in [-0.2, 0) is 21.4 Å². The van der Waals surface area contributed by atoms with E-state index >= 15 is 0 Å². The van der Waals surface area contributed by atoms with Gasteiger partial charge in [0, 0.05) is 6.54 Å². The van der Waals surface area contributed by atoms with E-state index in [4.69, 9.17) is 4.74 Å². The Morgan fingerprint density at radius 2 is 1.83 bits per heavy atom. The molecule has 1 aromatic rings.